The van der Waals surface area contributed by atoms with Crippen LogP contribution < -0.4 is 5.32 Å². The quantitative estimate of drug-likeness (QED) is 0.829. The van der Waals surface area contributed by atoms with Crippen molar-refractivity contribution in [2.24, 2.45) is 0 Å². The first-order valence-corrected chi connectivity index (χ1v) is 8.03. The number of hydrogen-bond donors (Lipinski definition) is 1. The molecular weight excluding hydrogens is 340 g/mol. The Morgan fingerprint density at radius 2 is 2.00 bits per heavy atom. The molecule has 5 nitrogen and oxygen atoms in total. The van der Waals surface area contributed by atoms with Gasteiger partial charge >= 0.3 is 5.97 Å². The predicted molar refractivity (Wildman–Crippen MR) is 95.2 cm³/mol. The zero-order valence-electron chi connectivity index (χ0n) is 13.9. The molecule has 0 saturated carbocycles. The topological polar surface area (TPSA) is 79.2 Å². The zero-order chi connectivity index (χ0) is 18.4. The molecule has 25 heavy (non-hydrogen) atoms. The van der Waals surface area contributed by atoms with Gasteiger partial charge in [-0.25, -0.2) is 0 Å². The Bertz CT molecular complexity index is 843. The van der Waals surface area contributed by atoms with Crippen LogP contribution in [-0.4, -0.2) is 18.0 Å². The Kier molecular flexibility index (Phi) is 6.15. The number of benzene rings is 2. The molecule has 0 aliphatic rings. The minimum atomic E-state index is -0.953. The minimum absolute atomic E-state index is 0.104. The molecule has 0 radical (unpaired) electrons. The van der Waals surface area contributed by atoms with E-state index in [9.17, 15) is 9.59 Å². The van der Waals surface area contributed by atoms with Gasteiger partial charge in [0.2, 0.25) is 0 Å². The van der Waals surface area contributed by atoms with Crippen LogP contribution in [0.2, 0.25) is 5.02 Å². The third-order valence-corrected chi connectivity index (χ3v) is 3.94. The number of nitrogens with zero attached hydrogens (tertiary/aromatic N) is 1. The maximum Gasteiger partial charge on any atom is 0.311 e. The molecule has 2 aromatic rings. The standard InChI is InChI=1S/C19H17ClN2O3/c1-12-5-3-4-6-14(12)9-18(23)25-13(2)19(24)22-16-8-7-15(11-21)17(20)10-16/h3-8,10,13H,9H2,1-2H3,(H,22,24)/t13-/m1/s1. The van der Waals surface area contributed by atoms with Gasteiger partial charge in [0.05, 0.1) is 17.0 Å². The summed E-state index contributed by atoms with van der Waals surface area (Å²) in [7, 11) is 0. The monoisotopic (exact) mass is 356 g/mol. The molecular formula is C19H17ClN2O3. The summed E-state index contributed by atoms with van der Waals surface area (Å²) in [6.07, 6.45) is -0.849. The molecule has 0 fully saturated rings. The SMILES string of the molecule is Cc1ccccc1CC(=O)O[C@H](C)C(=O)Nc1ccc(C#N)c(Cl)c1. The van der Waals surface area contributed by atoms with E-state index in [0.29, 0.717) is 11.3 Å². The maximum absolute atomic E-state index is 12.1. The van der Waals surface area contributed by atoms with E-state index in [4.69, 9.17) is 21.6 Å². The number of esters is 1. The summed E-state index contributed by atoms with van der Waals surface area (Å²) in [6.45, 7) is 3.41. The molecule has 1 amide bonds. The summed E-state index contributed by atoms with van der Waals surface area (Å²) < 4.78 is 5.18. The van der Waals surface area contributed by atoms with Gasteiger partial charge in [0.25, 0.3) is 5.91 Å². The number of aryl methyl sites for hydroxylation is 1. The second kappa shape index (κ2) is 8.32. The molecule has 0 bridgehead atoms. The maximum atomic E-state index is 12.1. The third-order valence-electron chi connectivity index (χ3n) is 3.63. The molecule has 0 aliphatic carbocycles. The summed E-state index contributed by atoms with van der Waals surface area (Å²) in [5.41, 5.74) is 2.59. The van der Waals surface area contributed by atoms with Crippen molar-refractivity contribution in [3.8, 4) is 6.07 Å². The highest BCUT2D eigenvalue weighted by molar-refractivity contribution is 6.32. The Balaban J connectivity index is 1.94. The van der Waals surface area contributed by atoms with Crippen LogP contribution in [0.5, 0.6) is 0 Å². The summed E-state index contributed by atoms with van der Waals surface area (Å²) in [5, 5.41) is 11.7. The number of nitriles is 1. The minimum Gasteiger partial charge on any atom is -0.452 e. The number of ether oxygens (including phenoxy) is 1. The first-order valence-electron chi connectivity index (χ1n) is 7.65. The van der Waals surface area contributed by atoms with Crippen LogP contribution in [0.4, 0.5) is 5.69 Å². The van der Waals surface area contributed by atoms with Gasteiger partial charge in [-0.05, 0) is 43.2 Å². The van der Waals surface area contributed by atoms with E-state index in [1.165, 1.54) is 19.1 Å². The van der Waals surface area contributed by atoms with Crippen molar-refractivity contribution in [1.82, 2.24) is 0 Å². The van der Waals surface area contributed by atoms with Crippen molar-refractivity contribution in [3.05, 3.63) is 64.2 Å². The molecule has 1 N–H and O–H groups in total. The van der Waals surface area contributed by atoms with E-state index in [2.05, 4.69) is 5.32 Å². The van der Waals surface area contributed by atoms with Crippen LogP contribution in [0.3, 0.4) is 0 Å². The van der Waals surface area contributed by atoms with Gasteiger partial charge in [0.1, 0.15) is 6.07 Å². The number of nitrogens with one attached hydrogen (secondary N) is 1. The number of rotatable bonds is 5. The van der Waals surface area contributed by atoms with Gasteiger partial charge in [0.15, 0.2) is 6.10 Å². The summed E-state index contributed by atoms with van der Waals surface area (Å²) in [4.78, 5) is 24.1. The molecule has 0 saturated heterocycles. The first kappa shape index (κ1) is 18.5. The molecule has 0 heterocycles. The van der Waals surface area contributed by atoms with Crippen molar-refractivity contribution in [3.63, 3.8) is 0 Å². The highest BCUT2D eigenvalue weighted by Gasteiger charge is 2.19. The number of carbonyl (C=O) groups excluding carboxylic acids is 2. The van der Waals surface area contributed by atoms with E-state index in [1.807, 2.05) is 37.3 Å². The van der Waals surface area contributed by atoms with E-state index in [0.717, 1.165) is 11.1 Å². The Morgan fingerprint density at radius 3 is 2.64 bits per heavy atom. The van der Waals surface area contributed by atoms with E-state index in [-0.39, 0.29) is 11.4 Å². The van der Waals surface area contributed by atoms with Gasteiger partial charge < -0.3 is 10.1 Å². The molecule has 0 aliphatic heterocycles. The van der Waals surface area contributed by atoms with Crippen molar-refractivity contribution in [1.29, 1.82) is 5.26 Å². The number of carbonyl (C=O) groups is 2. The molecule has 0 aromatic heterocycles. The van der Waals surface area contributed by atoms with Crippen LogP contribution in [0, 0.1) is 18.3 Å². The van der Waals surface area contributed by atoms with Gasteiger partial charge in [-0.15, -0.1) is 0 Å². The van der Waals surface area contributed by atoms with Crippen LogP contribution in [-0.2, 0) is 20.7 Å². The van der Waals surface area contributed by atoms with Gasteiger partial charge in [-0.1, -0.05) is 35.9 Å². The molecule has 0 unspecified atom stereocenters. The molecule has 1 atom stereocenters. The van der Waals surface area contributed by atoms with Crippen LogP contribution in [0.15, 0.2) is 42.5 Å². The van der Waals surface area contributed by atoms with E-state index >= 15 is 0 Å². The predicted octanol–water partition coefficient (Wildman–Crippen LogP) is 3.63. The fraction of sp³-hybridized carbons (Fsp3) is 0.211. The lowest BCUT2D eigenvalue weighted by Gasteiger charge is -2.14. The van der Waals surface area contributed by atoms with Crippen LogP contribution in [0.25, 0.3) is 0 Å². The van der Waals surface area contributed by atoms with Crippen molar-refractivity contribution in [2.75, 3.05) is 5.32 Å². The average Bonchev–Trinajstić information content (AvgIpc) is 2.57. The van der Waals surface area contributed by atoms with Crippen LogP contribution in [0.1, 0.15) is 23.6 Å². The number of halogens is 1. The third kappa shape index (κ3) is 5.07. The fourth-order valence-electron chi connectivity index (χ4n) is 2.18. The zero-order valence-corrected chi connectivity index (χ0v) is 14.6. The lowest BCUT2D eigenvalue weighted by Crippen LogP contribution is -2.30. The number of amides is 1. The smallest absolute Gasteiger partial charge is 0.311 e. The normalized spacial score (nSPS) is 11.3. The van der Waals surface area contributed by atoms with E-state index in [1.54, 1.807) is 6.07 Å². The Labute approximate surface area is 151 Å². The number of anilines is 1. The van der Waals surface area contributed by atoms with Gasteiger partial charge in [-0.3, -0.25) is 9.59 Å². The van der Waals surface area contributed by atoms with Crippen molar-refractivity contribution >= 4 is 29.2 Å². The molecule has 2 rings (SSSR count). The second-order valence-electron chi connectivity index (χ2n) is 5.53. The summed E-state index contributed by atoms with van der Waals surface area (Å²) >= 11 is 5.92. The molecule has 2 aromatic carbocycles. The Morgan fingerprint density at radius 1 is 1.28 bits per heavy atom. The highest BCUT2D eigenvalue weighted by Crippen LogP contribution is 2.20. The second-order valence-corrected chi connectivity index (χ2v) is 5.94. The lowest BCUT2D eigenvalue weighted by molar-refractivity contribution is -0.152. The van der Waals surface area contributed by atoms with E-state index < -0.39 is 18.0 Å². The molecule has 6 heteroatoms. The largest absolute Gasteiger partial charge is 0.452 e. The van der Waals surface area contributed by atoms with Gasteiger partial charge in [-0.2, -0.15) is 5.26 Å². The van der Waals surface area contributed by atoms with Crippen molar-refractivity contribution in [2.45, 2.75) is 26.4 Å². The molecule has 0 spiro atoms. The van der Waals surface area contributed by atoms with Crippen LogP contribution >= 0.6 is 11.6 Å². The lowest BCUT2D eigenvalue weighted by atomic mass is 10.1. The highest BCUT2D eigenvalue weighted by atomic mass is 35.5. The average molecular weight is 357 g/mol. The Hall–Kier alpha value is -2.84. The number of hydrogen-bond acceptors (Lipinski definition) is 4. The first-order chi connectivity index (χ1) is 11.9. The summed E-state index contributed by atoms with van der Waals surface area (Å²) in [5.74, 6) is -0.950. The van der Waals surface area contributed by atoms with Crippen molar-refractivity contribution < 1.29 is 14.3 Å². The summed E-state index contributed by atoms with van der Waals surface area (Å²) in [6, 6.07) is 14.0. The molecule has 128 valence electrons. The fourth-order valence-corrected chi connectivity index (χ4v) is 2.41. The van der Waals surface area contributed by atoms with Gasteiger partial charge in [0, 0.05) is 5.69 Å².